The van der Waals surface area contributed by atoms with Crippen LogP contribution < -0.4 is 14.8 Å². The van der Waals surface area contributed by atoms with Gasteiger partial charge in [-0.15, -0.1) is 8.78 Å². The maximum absolute atomic E-state index is 13.4. The highest BCUT2D eigenvalue weighted by atomic mass is 32.2. The zero-order valence-corrected chi connectivity index (χ0v) is 26.3. The molecule has 0 bridgehead atoms. The van der Waals surface area contributed by atoms with Crippen molar-refractivity contribution in [2.24, 2.45) is 4.99 Å². The van der Waals surface area contributed by atoms with E-state index in [4.69, 9.17) is 0 Å². The number of hydrogen-bond donors (Lipinski definition) is 2. The van der Waals surface area contributed by atoms with Gasteiger partial charge in [-0.25, -0.2) is 17.1 Å². The number of amidine groups is 1. The molecule has 2 N–H and O–H groups in total. The molecule has 0 atom stereocenters. The van der Waals surface area contributed by atoms with Gasteiger partial charge in [-0.3, -0.25) is 14.6 Å². The van der Waals surface area contributed by atoms with Crippen LogP contribution in [-0.4, -0.2) is 96.4 Å². The van der Waals surface area contributed by atoms with E-state index < -0.39 is 34.1 Å². The maximum atomic E-state index is 13.4. The first-order valence-electron chi connectivity index (χ1n) is 15.1. The number of halogens is 3. The molecule has 0 radical (unpaired) electrons. The topological polar surface area (TPSA) is 138 Å². The summed E-state index contributed by atoms with van der Waals surface area (Å²) in [6.07, 6.45) is -2.90. The first-order chi connectivity index (χ1) is 21.6. The Labute approximate surface area is 264 Å². The van der Waals surface area contributed by atoms with Crippen molar-refractivity contribution in [3.8, 4) is 11.5 Å². The van der Waals surface area contributed by atoms with E-state index in [0.29, 0.717) is 11.1 Å². The number of aliphatic imine (C=N–C) groups is 1. The fourth-order valence-electron chi connectivity index (χ4n) is 6.54. The van der Waals surface area contributed by atoms with E-state index in [2.05, 4.69) is 19.8 Å². The number of hydrogen-bond acceptors (Lipinski definition) is 8. The minimum absolute atomic E-state index is 0.0820. The van der Waals surface area contributed by atoms with Crippen LogP contribution in [0.1, 0.15) is 58.3 Å². The van der Waals surface area contributed by atoms with E-state index in [1.807, 2.05) is 13.8 Å². The number of likely N-dealkylation sites (tertiary alicyclic amines) is 1. The van der Waals surface area contributed by atoms with Gasteiger partial charge >= 0.3 is 6.29 Å². The van der Waals surface area contributed by atoms with E-state index in [1.165, 1.54) is 22.5 Å². The largest absolute Gasteiger partial charge is 0.586 e. The van der Waals surface area contributed by atoms with Crippen molar-refractivity contribution >= 4 is 27.7 Å². The molecule has 46 heavy (non-hydrogen) atoms. The zero-order chi connectivity index (χ0) is 33.1. The second-order valence-electron chi connectivity index (χ2n) is 12.5. The summed E-state index contributed by atoms with van der Waals surface area (Å²) in [7, 11) is -3.70. The highest BCUT2D eigenvalue weighted by molar-refractivity contribution is 7.89. The summed E-state index contributed by atoms with van der Waals surface area (Å²) in [6, 6.07) is 7.56. The summed E-state index contributed by atoms with van der Waals surface area (Å²) >= 11 is 0. The van der Waals surface area contributed by atoms with Gasteiger partial charge in [0.05, 0.1) is 11.4 Å². The van der Waals surface area contributed by atoms with Gasteiger partial charge in [-0.05, 0) is 93.0 Å². The fourth-order valence-corrected chi connectivity index (χ4v) is 8.00. The molecule has 4 aliphatic rings. The molecule has 11 nitrogen and oxygen atoms in total. The number of sulfonamides is 1. The van der Waals surface area contributed by atoms with Gasteiger partial charge in [0, 0.05) is 37.3 Å². The summed E-state index contributed by atoms with van der Waals surface area (Å²) < 4.78 is 77.0. The lowest BCUT2D eigenvalue weighted by Gasteiger charge is -2.36. The molecule has 2 fully saturated rings. The number of aliphatic hydroxyl groups is 1. The molecule has 0 saturated carbocycles. The highest BCUT2D eigenvalue weighted by Gasteiger charge is 2.48. The number of rotatable bonds is 7. The molecule has 4 aliphatic heterocycles. The molecule has 2 aromatic rings. The molecule has 2 saturated heterocycles. The number of carbonyl (C=O) groups excluding carboxylic acids is 2. The number of nitrogens with one attached hydrogen (secondary N) is 1. The quantitative estimate of drug-likeness (QED) is 0.465. The van der Waals surface area contributed by atoms with Crippen molar-refractivity contribution in [2.75, 3.05) is 38.6 Å². The Morgan fingerprint density at radius 3 is 2.26 bits per heavy atom. The second-order valence-corrected chi connectivity index (χ2v) is 14.6. The van der Waals surface area contributed by atoms with Crippen LogP contribution in [0.15, 0.2) is 35.3 Å². The molecule has 2 amide bonds. The molecule has 0 unspecified atom stereocenters. The lowest BCUT2D eigenvalue weighted by atomic mass is 9.89. The summed E-state index contributed by atoms with van der Waals surface area (Å²) in [5.74, 6) is -0.873. The number of benzene rings is 2. The van der Waals surface area contributed by atoms with Crippen LogP contribution in [-0.2, 0) is 21.2 Å². The van der Waals surface area contributed by atoms with Crippen molar-refractivity contribution in [2.45, 2.75) is 63.4 Å². The minimum Gasteiger partial charge on any atom is -0.395 e. The number of piperidine rings is 2. The number of aryl methyl sites for hydroxylation is 2. The Kier molecular flexibility index (Phi) is 8.08. The van der Waals surface area contributed by atoms with Gasteiger partial charge in [0.2, 0.25) is 10.0 Å². The Bertz CT molecular complexity index is 1690. The average Bonchev–Trinajstić information content (AvgIpc) is 3.50. The lowest BCUT2D eigenvalue weighted by molar-refractivity contribution is -0.286. The fraction of sp³-hybridized carbons (Fsp3) is 0.516. The Morgan fingerprint density at radius 1 is 1.00 bits per heavy atom. The van der Waals surface area contributed by atoms with E-state index in [0.717, 1.165) is 16.7 Å². The highest BCUT2D eigenvalue weighted by Crippen LogP contribution is 2.42. The molecule has 1 spiro atoms. The van der Waals surface area contributed by atoms with E-state index in [-0.39, 0.29) is 93.2 Å². The summed E-state index contributed by atoms with van der Waals surface area (Å²) in [5.41, 5.74) is 0.655. The molecule has 4 heterocycles. The molecule has 248 valence electrons. The molecule has 0 aliphatic carbocycles. The summed E-state index contributed by atoms with van der Waals surface area (Å²) in [6.45, 7) is 3.48. The Hall–Kier alpha value is -3.69. The number of amides is 2. The van der Waals surface area contributed by atoms with Crippen molar-refractivity contribution in [3.63, 3.8) is 0 Å². The molecule has 2 aromatic carbocycles. The van der Waals surface area contributed by atoms with E-state index >= 15 is 0 Å². The van der Waals surface area contributed by atoms with Gasteiger partial charge < -0.3 is 24.8 Å². The Balaban J connectivity index is 1.07. The number of alkyl halides is 3. The third-order valence-corrected chi connectivity index (χ3v) is 11.3. The van der Waals surface area contributed by atoms with E-state index in [1.54, 1.807) is 17.0 Å². The predicted molar refractivity (Wildman–Crippen MR) is 160 cm³/mol. The molecule has 6 rings (SSSR count). The average molecular weight is 665 g/mol. The number of ether oxygens (including phenoxy) is 2. The first kappa shape index (κ1) is 32.3. The first-order valence-corrected chi connectivity index (χ1v) is 16.7. The van der Waals surface area contributed by atoms with Crippen LogP contribution in [0.4, 0.5) is 13.2 Å². The van der Waals surface area contributed by atoms with Crippen molar-refractivity contribution in [1.82, 2.24) is 14.5 Å². The van der Waals surface area contributed by atoms with Crippen molar-refractivity contribution in [3.05, 3.63) is 58.1 Å². The molecule has 0 aromatic heterocycles. The van der Waals surface area contributed by atoms with Crippen LogP contribution in [0, 0.1) is 13.8 Å². The maximum Gasteiger partial charge on any atom is 0.586 e. The van der Waals surface area contributed by atoms with Gasteiger partial charge in [-0.2, -0.15) is 0 Å². The summed E-state index contributed by atoms with van der Waals surface area (Å²) in [5, 5.41) is 12.8. The van der Waals surface area contributed by atoms with Gasteiger partial charge in [0.15, 0.2) is 11.5 Å². The second kappa shape index (κ2) is 11.5. The number of carbonyl (C=O) groups is 2. The number of nitrogens with zero attached hydrogens (tertiary/aromatic N) is 3. The van der Waals surface area contributed by atoms with Gasteiger partial charge in [0.25, 0.3) is 11.8 Å². The van der Waals surface area contributed by atoms with Gasteiger partial charge in [-0.1, -0.05) is 0 Å². The molecular formula is C31H35F3N4O7S. The third kappa shape index (κ3) is 6.07. The predicted octanol–water partition coefficient (Wildman–Crippen LogP) is 2.85. The van der Waals surface area contributed by atoms with Crippen molar-refractivity contribution < 1.29 is 45.8 Å². The normalized spacial score (nSPS) is 21.7. The van der Waals surface area contributed by atoms with Crippen LogP contribution in [0.2, 0.25) is 0 Å². The van der Waals surface area contributed by atoms with Crippen LogP contribution in [0.5, 0.6) is 11.5 Å². The van der Waals surface area contributed by atoms with Crippen molar-refractivity contribution in [1.29, 1.82) is 0 Å². The van der Waals surface area contributed by atoms with E-state index in [9.17, 15) is 36.3 Å². The van der Waals surface area contributed by atoms with Crippen LogP contribution in [0.25, 0.3) is 0 Å². The van der Waals surface area contributed by atoms with Gasteiger partial charge in [0.1, 0.15) is 18.0 Å². The minimum atomic E-state index is -3.77. The summed E-state index contributed by atoms with van der Waals surface area (Å²) in [4.78, 5) is 32.3. The number of fused-ring (bicyclic) bond motifs is 1. The zero-order valence-electron chi connectivity index (χ0n) is 25.4. The third-order valence-electron chi connectivity index (χ3n) is 9.38. The lowest BCUT2D eigenvalue weighted by Crippen LogP contribution is -2.50. The Morgan fingerprint density at radius 2 is 1.63 bits per heavy atom. The molecular weight excluding hydrogens is 629 g/mol. The van der Waals surface area contributed by atoms with Crippen LogP contribution >= 0.6 is 0 Å². The smallest absolute Gasteiger partial charge is 0.395 e. The SMILES string of the molecule is Cc1cc(C(=O)N2CCC(O)(CF)CC2)cc(C)c1CCS(=O)(=O)N1CCC2(CC1)N=C(c1ccc3c(c1)OC(F)(F)O3)NC2=O. The standard InChI is InChI=1S/C31H35F3N4O7S/c1-19-15-22(27(39)37-10-6-29(41,18-32)7-11-37)16-20(2)23(19)5-14-46(42,43)38-12-8-30(9-13-38)28(40)35-26(36-30)21-3-4-24-25(17-21)45-31(33,34)44-24/h3-4,15-17,41H,5-14,18H2,1-2H3,(H,35,36,40). The van der Waals surface area contributed by atoms with Crippen LogP contribution in [0.3, 0.4) is 0 Å². The molecule has 15 heteroatoms. The monoisotopic (exact) mass is 664 g/mol.